The largest absolute Gasteiger partial charge is 0.545 e. The van der Waals surface area contributed by atoms with Gasteiger partial charge in [-0.25, -0.2) is 5.43 Å². The molecule has 0 aliphatic carbocycles. The van der Waals surface area contributed by atoms with Crippen molar-refractivity contribution >= 4 is 24.0 Å². The number of benzene rings is 2. The molecular formula is C19H18N3O5-. The number of nitrogens with one attached hydrogen (secondary N) is 2. The van der Waals surface area contributed by atoms with Gasteiger partial charge in [-0.05, 0) is 35.7 Å². The van der Waals surface area contributed by atoms with Crippen LogP contribution in [0.4, 0.5) is 0 Å². The highest BCUT2D eigenvalue weighted by molar-refractivity contribution is 6.35. The number of carboxylic acids is 1. The molecule has 0 unspecified atom stereocenters. The number of aromatic carboxylic acids is 1. The van der Waals surface area contributed by atoms with Gasteiger partial charge in [-0.3, -0.25) is 9.59 Å². The standard InChI is InChI=1S/C19H19N3O5/c1-27-16-8-7-14(11-15(16)19(25)26)12-21-22-18(24)17(23)20-10-9-13-5-3-2-4-6-13/h2-8,11-12H,9-10H2,1H3,(H,20,23)(H,22,24)(H,25,26)/p-1/b21-12-. The average Bonchev–Trinajstić information content (AvgIpc) is 2.68. The maximum atomic E-state index is 11.7. The van der Waals surface area contributed by atoms with Crippen molar-refractivity contribution in [2.24, 2.45) is 5.10 Å². The summed E-state index contributed by atoms with van der Waals surface area (Å²) in [6.45, 7) is 0.313. The predicted molar refractivity (Wildman–Crippen MR) is 96.2 cm³/mol. The van der Waals surface area contributed by atoms with E-state index in [0.717, 1.165) is 5.56 Å². The van der Waals surface area contributed by atoms with Gasteiger partial charge in [-0.1, -0.05) is 30.3 Å². The van der Waals surface area contributed by atoms with Crippen molar-refractivity contribution in [1.82, 2.24) is 10.7 Å². The van der Waals surface area contributed by atoms with E-state index in [0.29, 0.717) is 18.5 Å². The number of carboxylic acid groups (broad SMARTS) is 1. The summed E-state index contributed by atoms with van der Waals surface area (Å²) in [5.41, 5.74) is 3.36. The van der Waals surface area contributed by atoms with Crippen LogP contribution < -0.4 is 20.6 Å². The number of rotatable bonds is 7. The topological polar surface area (TPSA) is 120 Å². The minimum Gasteiger partial charge on any atom is -0.545 e. The van der Waals surface area contributed by atoms with Gasteiger partial charge in [0, 0.05) is 12.1 Å². The smallest absolute Gasteiger partial charge is 0.329 e. The molecule has 2 N–H and O–H groups in total. The number of carbonyl (C=O) groups excluding carboxylic acids is 3. The summed E-state index contributed by atoms with van der Waals surface area (Å²) in [7, 11) is 1.34. The Balaban J connectivity index is 1.84. The van der Waals surface area contributed by atoms with Crippen LogP contribution in [0, 0.1) is 0 Å². The summed E-state index contributed by atoms with van der Waals surface area (Å²) < 4.78 is 4.92. The molecular weight excluding hydrogens is 350 g/mol. The number of amides is 2. The van der Waals surface area contributed by atoms with Crippen LogP contribution in [0.25, 0.3) is 0 Å². The second kappa shape index (κ2) is 9.71. The molecule has 0 spiro atoms. The summed E-state index contributed by atoms with van der Waals surface area (Å²) in [4.78, 5) is 34.4. The molecule has 27 heavy (non-hydrogen) atoms. The number of hydrogen-bond donors (Lipinski definition) is 2. The van der Waals surface area contributed by atoms with E-state index in [2.05, 4.69) is 15.8 Å². The molecule has 2 amide bonds. The Kier molecular flexibility index (Phi) is 7.07. The quantitative estimate of drug-likeness (QED) is 0.401. The lowest BCUT2D eigenvalue weighted by atomic mass is 10.1. The van der Waals surface area contributed by atoms with E-state index in [1.54, 1.807) is 6.07 Å². The molecule has 8 nitrogen and oxygen atoms in total. The van der Waals surface area contributed by atoms with Crippen molar-refractivity contribution in [3.05, 3.63) is 65.2 Å². The third-order valence-corrected chi connectivity index (χ3v) is 3.57. The molecule has 0 fully saturated rings. The van der Waals surface area contributed by atoms with Gasteiger partial charge in [0.15, 0.2) is 0 Å². The molecule has 0 heterocycles. The molecule has 0 bridgehead atoms. The van der Waals surface area contributed by atoms with Crippen LogP contribution in [-0.4, -0.2) is 37.7 Å². The van der Waals surface area contributed by atoms with E-state index in [9.17, 15) is 19.5 Å². The van der Waals surface area contributed by atoms with Gasteiger partial charge in [-0.2, -0.15) is 5.10 Å². The Morgan fingerprint density at radius 3 is 2.52 bits per heavy atom. The van der Waals surface area contributed by atoms with Gasteiger partial charge in [0.05, 0.1) is 19.3 Å². The number of hydrazone groups is 1. The Morgan fingerprint density at radius 2 is 1.85 bits per heavy atom. The van der Waals surface area contributed by atoms with Crippen LogP contribution in [0.1, 0.15) is 21.5 Å². The van der Waals surface area contributed by atoms with Crippen LogP contribution in [0.5, 0.6) is 5.75 Å². The summed E-state index contributed by atoms with van der Waals surface area (Å²) in [5, 5.41) is 17.2. The first-order valence-electron chi connectivity index (χ1n) is 8.06. The van der Waals surface area contributed by atoms with Crippen LogP contribution in [0.2, 0.25) is 0 Å². The first-order chi connectivity index (χ1) is 13.0. The lowest BCUT2D eigenvalue weighted by molar-refractivity contribution is -0.255. The fourth-order valence-electron chi connectivity index (χ4n) is 2.23. The third kappa shape index (κ3) is 5.96. The van der Waals surface area contributed by atoms with E-state index < -0.39 is 17.8 Å². The van der Waals surface area contributed by atoms with E-state index >= 15 is 0 Å². The van der Waals surface area contributed by atoms with E-state index in [-0.39, 0.29) is 11.3 Å². The van der Waals surface area contributed by atoms with Gasteiger partial charge in [0.25, 0.3) is 0 Å². The molecule has 0 saturated carbocycles. The molecule has 0 saturated heterocycles. The average molecular weight is 368 g/mol. The molecule has 140 valence electrons. The SMILES string of the molecule is COc1ccc(/C=N\NC(=O)C(=O)NCCc2ccccc2)cc1C(=O)[O-]. The number of nitrogens with zero attached hydrogens (tertiary/aromatic N) is 1. The minimum atomic E-state index is -1.40. The minimum absolute atomic E-state index is 0.147. The monoisotopic (exact) mass is 368 g/mol. The highest BCUT2D eigenvalue weighted by atomic mass is 16.5. The lowest BCUT2D eigenvalue weighted by Crippen LogP contribution is -2.38. The molecule has 2 rings (SSSR count). The zero-order valence-corrected chi connectivity index (χ0v) is 14.6. The summed E-state index contributed by atoms with van der Waals surface area (Å²) in [6.07, 6.45) is 1.81. The van der Waals surface area contributed by atoms with Crippen molar-refractivity contribution in [1.29, 1.82) is 0 Å². The van der Waals surface area contributed by atoms with Gasteiger partial charge in [0.2, 0.25) is 0 Å². The van der Waals surface area contributed by atoms with Crippen LogP contribution in [-0.2, 0) is 16.0 Å². The zero-order chi connectivity index (χ0) is 19.6. The first-order valence-corrected chi connectivity index (χ1v) is 8.06. The van der Waals surface area contributed by atoms with Crippen LogP contribution in [0.15, 0.2) is 53.6 Å². The Bertz CT molecular complexity index is 850. The highest BCUT2D eigenvalue weighted by Crippen LogP contribution is 2.18. The number of methoxy groups -OCH3 is 1. The van der Waals surface area contributed by atoms with Crippen molar-refractivity contribution in [3.8, 4) is 5.75 Å². The van der Waals surface area contributed by atoms with Crippen LogP contribution >= 0.6 is 0 Å². The van der Waals surface area contributed by atoms with Gasteiger partial charge < -0.3 is 20.0 Å². The second-order valence-electron chi connectivity index (χ2n) is 5.44. The Hall–Kier alpha value is -3.68. The van der Waals surface area contributed by atoms with Gasteiger partial charge in [-0.15, -0.1) is 0 Å². The molecule has 0 aliphatic heterocycles. The molecule has 8 heteroatoms. The van der Waals surface area contributed by atoms with E-state index in [1.807, 2.05) is 30.3 Å². The molecule has 0 atom stereocenters. The van der Waals surface area contributed by atoms with Crippen molar-refractivity contribution in [2.75, 3.05) is 13.7 Å². The summed E-state index contributed by atoms with van der Waals surface area (Å²) in [6, 6.07) is 13.8. The maximum Gasteiger partial charge on any atom is 0.329 e. The van der Waals surface area contributed by atoms with Crippen molar-refractivity contribution in [3.63, 3.8) is 0 Å². The number of carbonyl (C=O) groups is 3. The Labute approximate surface area is 155 Å². The van der Waals surface area contributed by atoms with Gasteiger partial charge >= 0.3 is 11.8 Å². The lowest BCUT2D eigenvalue weighted by Gasteiger charge is -2.09. The fraction of sp³-hybridized carbons (Fsp3) is 0.158. The van der Waals surface area contributed by atoms with Crippen molar-refractivity contribution < 1.29 is 24.2 Å². The highest BCUT2D eigenvalue weighted by Gasteiger charge is 2.11. The number of ether oxygens (including phenoxy) is 1. The number of hydrogen-bond acceptors (Lipinski definition) is 6. The second-order valence-corrected chi connectivity index (χ2v) is 5.44. The molecule has 0 aliphatic rings. The van der Waals surface area contributed by atoms with E-state index in [1.165, 1.54) is 25.5 Å². The summed E-state index contributed by atoms with van der Waals surface area (Å²) >= 11 is 0. The molecule has 0 radical (unpaired) electrons. The molecule has 0 aromatic heterocycles. The third-order valence-electron chi connectivity index (χ3n) is 3.57. The molecule has 2 aromatic carbocycles. The van der Waals surface area contributed by atoms with E-state index in [4.69, 9.17) is 4.74 Å². The van der Waals surface area contributed by atoms with Gasteiger partial charge in [0.1, 0.15) is 5.75 Å². The predicted octanol–water partition coefficient (Wildman–Crippen LogP) is -0.132. The zero-order valence-electron chi connectivity index (χ0n) is 14.6. The molecule has 2 aromatic rings. The maximum absolute atomic E-state index is 11.7. The fourth-order valence-corrected chi connectivity index (χ4v) is 2.23. The summed E-state index contributed by atoms with van der Waals surface area (Å²) in [5.74, 6) is -2.99. The van der Waals surface area contributed by atoms with Crippen LogP contribution in [0.3, 0.4) is 0 Å². The first kappa shape index (κ1) is 19.6. The normalized spacial score (nSPS) is 10.4. The van der Waals surface area contributed by atoms with Crippen molar-refractivity contribution in [2.45, 2.75) is 6.42 Å². The Morgan fingerprint density at radius 1 is 1.11 bits per heavy atom.